The van der Waals surface area contributed by atoms with Gasteiger partial charge in [0.15, 0.2) is 5.76 Å². The Morgan fingerprint density at radius 1 is 1.11 bits per heavy atom. The van der Waals surface area contributed by atoms with E-state index in [0.717, 1.165) is 5.75 Å². The van der Waals surface area contributed by atoms with E-state index >= 15 is 0 Å². The van der Waals surface area contributed by atoms with Crippen LogP contribution in [0.1, 0.15) is 44.0 Å². The van der Waals surface area contributed by atoms with Gasteiger partial charge in [-0.15, -0.1) is 0 Å². The van der Waals surface area contributed by atoms with Crippen molar-refractivity contribution in [3.63, 3.8) is 0 Å². The quantitative estimate of drug-likeness (QED) is 0.587. The van der Waals surface area contributed by atoms with Crippen molar-refractivity contribution in [1.82, 2.24) is 10.9 Å². The molecule has 148 valence electrons. The molecule has 1 aliphatic rings. The van der Waals surface area contributed by atoms with Crippen LogP contribution < -0.4 is 15.6 Å². The van der Waals surface area contributed by atoms with Gasteiger partial charge >= 0.3 is 5.91 Å². The number of furan rings is 1. The highest BCUT2D eigenvalue weighted by atomic mass is 16.5. The molecule has 2 amide bonds. The SMILES string of the molecule is CC(C)=CC1C(C(=O)NNC(=O)c2ccc(COc3ccccc3)o2)C1(C)C. The first kappa shape index (κ1) is 19.7. The molecule has 6 heteroatoms. The summed E-state index contributed by atoms with van der Waals surface area (Å²) >= 11 is 0. The van der Waals surface area contributed by atoms with Crippen LogP contribution in [0.3, 0.4) is 0 Å². The fourth-order valence-corrected chi connectivity index (χ4v) is 3.36. The number of para-hydroxylation sites is 1. The second-order valence-corrected chi connectivity index (χ2v) is 7.88. The Morgan fingerprint density at radius 3 is 2.50 bits per heavy atom. The van der Waals surface area contributed by atoms with Gasteiger partial charge in [-0.05, 0) is 49.4 Å². The summed E-state index contributed by atoms with van der Waals surface area (Å²) in [5.74, 6) is 0.677. The highest BCUT2D eigenvalue weighted by molar-refractivity contribution is 5.93. The van der Waals surface area contributed by atoms with Gasteiger partial charge in [0.1, 0.15) is 18.1 Å². The van der Waals surface area contributed by atoms with Crippen molar-refractivity contribution in [1.29, 1.82) is 0 Å². The minimum atomic E-state index is -0.503. The third-order valence-corrected chi connectivity index (χ3v) is 5.02. The number of hydrazine groups is 1. The van der Waals surface area contributed by atoms with Gasteiger partial charge in [-0.1, -0.05) is 43.7 Å². The summed E-state index contributed by atoms with van der Waals surface area (Å²) in [6.45, 7) is 8.34. The fraction of sp³-hybridized carbons (Fsp3) is 0.364. The van der Waals surface area contributed by atoms with Crippen LogP contribution in [0.15, 0.2) is 58.5 Å². The van der Waals surface area contributed by atoms with Gasteiger partial charge in [-0.3, -0.25) is 20.4 Å². The molecule has 0 radical (unpaired) electrons. The predicted octanol–water partition coefficient (Wildman–Crippen LogP) is 3.86. The second-order valence-electron chi connectivity index (χ2n) is 7.88. The first-order valence-electron chi connectivity index (χ1n) is 9.31. The number of hydrogen-bond acceptors (Lipinski definition) is 4. The van der Waals surface area contributed by atoms with Crippen LogP contribution in [0.5, 0.6) is 5.75 Å². The normalized spacial score (nSPS) is 19.4. The molecule has 0 bridgehead atoms. The highest BCUT2D eigenvalue weighted by Crippen LogP contribution is 2.59. The molecule has 1 fully saturated rings. The minimum absolute atomic E-state index is 0.112. The van der Waals surface area contributed by atoms with E-state index in [2.05, 4.69) is 30.8 Å². The molecule has 0 aliphatic heterocycles. The number of allylic oxidation sites excluding steroid dienone is 2. The number of amides is 2. The van der Waals surface area contributed by atoms with Crippen LogP contribution in [0.25, 0.3) is 0 Å². The zero-order valence-electron chi connectivity index (χ0n) is 16.6. The van der Waals surface area contributed by atoms with Gasteiger partial charge in [0.2, 0.25) is 5.91 Å². The van der Waals surface area contributed by atoms with Crippen LogP contribution in [0.2, 0.25) is 0 Å². The molecule has 1 aromatic carbocycles. The minimum Gasteiger partial charge on any atom is -0.486 e. The highest BCUT2D eigenvalue weighted by Gasteiger charge is 2.60. The first-order valence-corrected chi connectivity index (χ1v) is 9.31. The summed E-state index contributed by atoms with van der Waals surface area (Å²) in [6.07, 6.45) is 2.11. The Morgan fingerprint density at radius 2 is 1.82 bits per heavy atom. The molecule has 1 aromatic heterocycles. The van der Waals surface area contributed by atoms with Crippen molar-refractivity contribution < 1.29 is 18.7 Å². The Labute approximate surface area is 164 Å². The maximum absolute atomic E-state index is 12.4. The molecule has 3 rings (SSSR count). The zero-order valence-corrected chi connectivity index (χ0v) is 16.6. The number of benzene rings is 1. The molecule has 0 saturated heterocycles. The first-order chi connectivity index (χ1) is 13.3. The summed E-state index contributed by atoms with van der Waals surface area (Å²) in [5.41, 5.74) is 6.00. The lowest BCUT2D eigenvalue weighted by atomic mass is 10.1. The van der Waals surface area contributed by atoms with E-state index in [1.165, 1.54) is 5.57 Å². The molecule has 2 atom stereocenters. The van der Waals surface area contributed by atoms with Crippen LogP contribution in [0, 0.1) is 17.3 Å². The summed E-state index contributed by atoms with van der Waals surface area (Å²) in [4.78, 5) is 24.6. The number of hydrogen-bond donors (Lipinski definition) is 2. The van der Waals surface area contributed by atoms with Crippen LogP contribution >= 0.6 is 0 Å². The van der Waals surface area contributed by atoms with E-state index in [-0.39, 0.29) is 35.5 Å². The largest absolute Gasteiger partial charge is 0.486 e. The van der Waals surface area contributed by atoms with Crippen LogP contribution in [-0.4, -0.2) is 11.8 Å². The lowest BCUT2D eigenvalue weighted by Crippen LogP contribution is -2.43. The van der Waals surface area contributed by atoms with Gasteiger partial charge in [-0.2, -0.15) is 0 Å². The lowest BCUT2D eigenvalue weighted by Gasteiger charge is -2.07. The molecule has 0 spiro atoms. The summed E-state index contributed by atoms with van der Waals surface area (Å²) in [7, 11) is 0. The van der Waals surface area contributed by atoms with E-state index in [9.17, 15) is 9.59 Å². The zero-order chi connectivity index (χ0) is 20.3. The number of carbonyl (C=O) groups is 2. The van der Waals surface area contributed by atoms with E-state index in [1.54, 1.807) is 12.1 Å². The smallest absolute Gasteiger partial charge is 0.305 e. The molecule has 2 N–H and O–H groups in total. The van der Waals surface area contributed by atoms with E-state index in [4.69, 9.17) is 9.15 Å². The maximum Gasteiger partial charge on any atom is 0.305 e. The Bertz CT molecular complexity index is 879. The monoisotopic (exact) mass is 382 g/mol. The van der Waals surface area contributed by atoms with Crippen LogP contribution in [-0.2, 0) is 11.4 Å². The molecule has 6 nitrogen and oxygen atoms in total. The second kappa shape index (κ2) is 7.92. The summed E-state index contributed by atoms with van der Waals surface area (Å²) in [5, 5.41) is 0. The van der Waals surface area contributed by atoms with Crippen LogP contribution in [0.4, 0.5) is 0 Å². The van der Waals surface area contributed by atoms with Crippen molar-refractivity contribution in [3.8, 4) is 5.75 Å². The molecular weight excluding hydrogens is 356 g/mol. The van der Waals surface area contributed by atoms with E-state index < -0.39 is 5.91 Å². The Hall–Kier alpha value is -3.02. The topological polar surface area (TPSA) is 80.6 Å². The van der Waals surface area contributed by atoms with Crippen molar-refractivity contribution in [2.75, 3.05) is 0 Å². The van der Waals surface area contributed by atoms with Crippen molar-refractivity contribution in [2.24, 2.45) is 17.3 Å². The van der Waals surface area contributed by atoms with Crippen molar-refractivity contribution >= 4 is 11.8 Å². The predicted molar refractivity (Wildman–Crippen MR) is 105 cm³/mol. The number of rotatable bonds is 6. The average molecular weight is 382 g/mol. The molecule has 1 saturated carbocycles. The summed E-state index contributed by atoms with van der Waals surface area (Å²) in [6, 6.07) is 12.6. The molecule has 2 unspecified atom stereocenters. The molecule has 28 heavy (non-hydrogen) atoms. The van der Waals surface area contributed by atoms with Gasteiger partial charge in [0.25, 0.3) is 0 Å². The van der Waals surface area contributed by atoms with Crippen molar-refractivity contribution in [2.45, 2.75) is 34.3 Å². The number of ether oxygens (including phenoxy) is 1. The van der Waals surface area contributed by atoms with Gasteiger partial charge in [0.05, 0.1) is 5.92 Å². The van der Waals surface area contributed by atoms with E-state index in [0.29, 0.717) is 5.76 Å². The Balaban J connectivity index is 1.50. The standard InChI is InChI=1S/C22H26N2O4/c1-14(2)12-17-19(22(17,3)4)21(26)24-23-20(25)18-11-10-16(28-18)13-27-15-8-6-5-7-9-15/h5-12,17,19H,13H2,1-4H3,(H,23,25)(H,24,26). The van der Waals surface area contributed by atoms with Crippen molar-refractivity contribution in [3.05, 3.63) is 65.6 Å². The molecule has 2 aromatic rings. The van der Waals surface area contributed by atoms with Gasteiger partial charge in [0, 0.05) is 0 Å². The Kier molecular flexibility index (Phi) is 5.58. The molecular formula is C22H26N2O4. The van der Waals surface area contributed by atoms with Gasteiger partial charge < -0.3 is 9.15 Å². The average Bonchev–Trinajstić information content (AvgIpc) is 2.99. The fourth-order valence-electron chi connectivity index (χ4n) is 3.36. The van der Waals surface area contributed by atoms with Gasteiger partial charge in [-0.25, -0.2) is 0 Å². The molecule has 1 aliphatic carbocycles. The third kappa shape index (κ3) is 4.44. The number of nitrogens with one attached hydrogen (secondary N) is 2. The number of carbonyl (C=O) groups excluding carboxylic acids is 2. The summed E-state index contributed by atoms with van der Waals surface area (Å²) < 4.78 is 11.1. The molecule has 1 heterocycles. The third-order valence-electron chi connectivity index (χ3n) is 5.02. The lowest BCUT2D eigenvalue weighted by molar-refractivity contribution is -0.123. The maximum atomic E-state index is 12.4. The van der Waals surface area contributed by atoms with E-state index in [1.807, 2.05) is 44.2 Å².